The second-order valence-corrected chi connectivity index (χ2v) is 6.59. The molecule has 1 heterocycles. The predicted molar refractivity (Wildman–Crippen MR) is 81.8 cm³/mol. The number of rotatable bonds is 0. The topological polar surface area (TPSA) is 0 Å². The van der Waals surface area contributed by atoms with Gasteiger partial charge in [-0.2, -0.15) is 11.8 Å². The highest BCUT2D eigenvalue weighted by atomic mass is 32.2. The zero-order valence-electron chi connectivity index (χ0n) is 12.4. The Kier molecular flexibility index (Phi) is 7.66. The second kappa shape index (κ2) is 8.45. The first-order chi connectivity index (χ1) is 8.45. The number of thioether (sulfide) groups is 1. The summed E-state index contributed by atoms with van der Waals surface area (Å²) in [6.07, 6.45) is 12.3. The summed E-state index contributed by atoms with van der Waals surface area (Å²) in [5.74, 6) is 2.29. The monoisotopic (exact) mass is 256 g/mol. The highest BCUT2D eigenvalue weighted by Gasteiger charge is 2.44. The van der Waals surface area contributed by atoms with Gasteiger partial charge in [0.15, 0.2) is 0 Å². The van der Waals surface area contributed by atoms with Crippen molar-refractivity contribution >= 4 is 11.8 Å². The van der Waals surface area contributed by atoms with Gasteiger partial charge in [-0.1, -0.05) is 53.4 Å². The van der Waals surface area contributed by atoms with E-state index in [9.17, 15) is 0 Å². The minimum Gasteiger partial charge on any atom is -0.155 e. The molecule has 17 heavy (non-hydrogen) atoms. The van der Waals surface area contributed by atoms with Gasteiger partial charge in [0.05, 0.1) is 0 Å². The van der Waals surface area contributed by atoms with E-state index in [2.05, 4.69) is 11.8 Å². The van der Waals surface area contributed by atoms with Crippen LogP contribution in [0.15, 0.2) is 0 Å². The standard InChI is InChI=1S/C12H20S.2C2H6/c1-3-7-11-9(5-1)10-6-2-4-8-12(10)13-11;2*1-2/h9-12H,1-8H2;2*1-2H3. The quantitative estimate of drug-likeness (QED) is 0.519. The maximum Gasteiger partial charge on any atom is 0.00812 e. The van der Waals surface area contributed by atoms with E-state index < -0.39 is 0 Å². The lowest BCUT2D eigenvalue weighted by atomic mass is 9.73. The molecule has 2 aliphatic carbocycles. The molecule has 1 heteroatoms. The van der Waals surface area contributed by atoms with Gasteiger partial charge in [-0.05, 0) is 37.5 Å². The third kappa shape index (κ3) is 3.66. The molecule has 0 amide bonds. The van der Waals surface area contributed by atoms with Crippen LogP contribution in [0.5, 0.6) is 0 Å². The van der Waals surface area contributed by atoms with Crippen molar-refractivity contribution in [3.05, 3.63) is 0 Å². The molecular formula is C16H32S. The Morgan fingerprint density at radius 2 is 0.941 bits per heavy atom. The normalized spacial score (nSPS) is 38.8. The molecule has 0 aromatic heterocycles. The molecule has 0 N–H and O–H groups in total. The summed E-state index contributed by atoms with van der Waals surface area (Å²) < 4.78 is 0. The average Bonchev–Trinajstić information content (AvgIpc) is 2.82. The highest BCUT2D eigenvalue weighted by Crippen LogP contribution is 2.54. The minimum absolute atomic E-state index is 1.09. The Labute approximate surface area is 113 Å². The lowest BCUT2D eigenvalue weighted by molar-refractivity contribution is 0.231. The number of hydrogen-bond donors (Lipinski definition) is 0. The summed E-state index contributed by atoms with van der Waals surface area (Å²) in [6.45, 7) is 8.00. The summed E-state index contributed by atoms with van der Waals surface area (Å²) in [5.41, 5.74) is 0. The van der Waals surface area contributed by atoms with Crippen molar-refractivity contribution in [2.45, 2.75) is 89.6 Å². The van der Waals surface area contributed by atoms with Crippen molar-refractivity contribution in [2.75, 3.05) is 0 Å². The molecule has 1 aliphatic heterocycles. The van der Waals surface area contributed by atoms with Crippen LogP contribution in [-0.2, 0) is 0 Å². The van der Waals surface area contributed by atoms with Crippen LogP contribution >= 0.6 is 11.8 Å². The van der Waals surface area contributed by atoms with Crippen LogP contribution < -0.4 is 0 Å². The van der Waals surface area contributed by atoms with Crippen LogP contribution in [0.2, 0.25) is 0 Å². The van der Waals surface area contributed by atoms with Crippen LogP contribution in [0.1, 0.15) is 79.1 Å². The van der Waals surface area contributed by atoms with Crippen molar-refractivity contribution in [2.24, 2.45) is 11.8 Å². The van der Waals surface area contributed by atoms with Crippen molar-refractivity contribution in [3.63, 3.8) is 0 Å². The highest BCUT2D eigenvalue weighted by molar-refractivity contribution is 8.00. The number of fused-ring (bicyclic) bond motifs is 3. The molecule has 2 saturated carbocycles. The second-order valence-electron chi connectivity index (χ2n) is 5.11. The molecule has 0 aromatic rings. The fourth-order valence-electron chi connectivity index (χ4n) is 3.79. The van der Waals surface area contributed by atoms with Gasteiger partial charge in [0, 0.05) is 10.5 Å². The van der Waals surface area contributed by atoms with Crippen LogP contribution in [0.4, 0.5) is 0 Å². The molecule has 3 aliphatic rings. The summed E-state index contributed by atoms with van der Waals surface area (Å²) in [6, 6.07) is 0. The van der Waals surface area contributed by atoms with E-state index in [4.69, 9.17) is 0 Å². The van der Waals surface area contributed by atoms with Crippen LogP contribution in [0, 0.1) is 11.8 Å². The average molecular weight is 256 g/mol. The van der Waals surface area contributed by atoms with E-state index in [1.807, 2.05) is 27.7 Å². The largest absolute Gasteiger partial charge is 0.155 e. The van der Waals surface area contributed by atoms with Crippen molar-refractivity contribution in [3.8, 4) is 0 Å². The fraction of sp³-hybridized carbons (Fsp3) is 1.00. The van der Waals surface area contributed by atoms with Gasteiger partial charge in [-0.15, -0.1) is 0 Å². The molecular weight excluding hydrogens is 224 g/mol. The third-order valence-corrected chi connectivity index (χ3v) is 6.28. The van der Waals surface area contributed by atoms with E-state index in [0.717, 1.165) is 22.3 Å². The van der Waals surface area contributed by atoms with Gasteiger partial charge in [0.25, 0.3) is 0 Å². The Balaban J connectivity index is 0.000000330. The van der Waals surface area contributed by atoms with Gasteiger partial charge in [-0.25, -0.2) is 0 Å². The molecule has 4 unspecified atom stereocenters. The molecule has 102 valence electrons. The fourth-order valence-corrected chi connectivity index (χ4v) is 5.93. The molecule has 3 rings (SSSR count). The first-order valence-electron chi connectivity index (χ1n) is 8.10. The molecule has 0 radical (unpaired) electrons. The predicted octanol–water partition coefficient (Wildman–Crippen LogP) is 5.90. The van der Waals surface area contributed by atoms with E-state index in [1.54, 1.807) is 25.7 Å². The molecule has 1 saturated heterocycles. The Bertz CT molecular complexity index is 170. The summed E-state index contributed by atoms with van der Waals surface area (Å²) in [4.78, 5) is 0. The van der Waals surface area contributed by atoms with Gasteiger partial charge < -0.3 is 0 Å². The van der Waals surface area contributed by atoms with Gasteiger partial charge in [0.2, 0.25) is 0 Å². The maximum absolute atomic E-state index is 2.38. The maximum atomic E-state index is 2.38. The van der Waals surface area contributed by atoms with Crippen LogP contribution in [0.25, 0.3) is 0 Å². The van der Waals surface area contributed by atoms with E-state index in [1.165, 1.54) is 25.7 Å². The summed E-state index contributed by atoms with van der Waals surface area (Å²) in [5, 5.41) is 2.17. The van der Waals surface area contributed by atoms with Gasteiger partial charge in [-0.3, -0.25) is 0 Å². The van der Waals surface area contributed by atoms with E-state index in [-0.39, 0.29) is 0 Å². The number of hydrogen-bond acceptors (Lipinski definition) is 1. The molecule has 0 bridgehead atoms. The molecule has 0 aromatic carbocycles. The molecule has 0 nitrogen and oxygen atoms in total. The smallest absolute Gasteiger partial charge is 0.00812 e. The van der Waals surface area contributed by atoms with Crippen LogP contribution in [0.3, 0.4) is 0 Å². The van der Waals surface area contributed by atoms with Crippen molar-refractivity contribution in [1.82, 2.24) is 0 Å². The summed E-state index contributed by atoms with van der Waals surface area (Å²) in [7, 11) is 0. The Hall–Kier alpha value is 0.350. The summed E-state index contributed by atoms with van der Waals surface area (Å²) >= 11 is 2.38. The van der Waals surface area contributed by atoms with E-state index in [0.29, 0.717) is 0 Å². The zero-order chi connectivity index (χ0) is 12.7. The molecule has 3 fully saturated rings. The lowest BCUT2D eigenvalue weighted by Crippen LogP contribution is -2.26. The Morgan fingerprint density at radius 1 is 0.588 bits per heavy atom. The minimum atomic E-state index is 1.09. The molecule has 0 spiro atoms. The van der Waals surface area contributed by atoms with E-state index >= 15 is 0 Å². The molecule has 4 atom stereocenters. The first-order valence-corrected chi connectivity index (χ1v) is 9.05. The first kappa shape index (κ1) is 15.4. The Morgan fingerprint density at radius 3 is 1.35 bits per heavy atom. The van der Waals surface area contributed by atoms with Gasteiger partial charge >= 0.3 is 0 Å². The zero-order valence-corrected chi connectivity index (χ0v) is 13.2. The van der Waals surface area contributed by atoms with Crippen LogP contribution in [-0.4, -0.2) is 10.5 Å². The SMILES string of the molecule is C1CCC2C(C1)SC1CCCCC12.CC.CC. The van der Waals surface area contributed by atoms with Crippen molar-refractivity contribution in [1.29, 1.82) is 0 Å². The lowest BCUT2D eigenvalue weighted by Gasteiger charge is -2.31. The van der Waals surface area contributed by atoms with Gasteiger partial charge in [0.1, 0.15) is 0 Å². The third-order valence-electron chi connectivity index (χ3n) is 4.41. The van der Waals surface area contributed by atoms with Crippen molar-refractivity contribution < 1.29 is 0 Å².